The Hall–Kier alpha value is -3.59. The maximum Gasteiger partial charge on any atom is 0.309 e. The number of rotatable bonds is 7. The van der Waals surface area contributed by atoms with Gasteiger partial charge in [0.1, 0.15) is 5.54 Å². The zero-order valence-corrected chi connectivity index (χ0v) is 20.6. The van der Waals surface area contributed by atoms with Crippen molar-refractivity contribution in [3.63, 3.8) is 0 Å². The van der Waals surface area contributed by atoms with Crippen LogP contribution in [0.2, 0.25) is 5.02 Å². The molecule has 2 aliphatic rings. The van der Waals surface area contributed by atoms with Gasteiger partial charge >= 0.3 is 11.8 Å². The quantitative estimate of drug-likeness (QED) is 0.545. The van der Waals surface area contributed by atoms with E-state index in [1.165, 1.54) is 0 Å². The van der Waals surface area contributed by atoms with E-state index in [0.29, 0.717) is 44.0 Å². The summed E-state index contributed by atoms with van der Waals surface area (Å²) >= 11 is 5.93. The van der Waals surface area contributed by atoms with Crippen molar-refractivity contribution in [1.82, 2.24) is 15.1 Å². The minimum absolute atomic E-state index is 0.0445. The highest BCUT2D eigenvalue weighted by atomic mass is 35.5. The molecule has 2 saturated heterocycles. The number of carbonyl (C=O) groups excluding carboxylic acids is 4. The van der Waals surface area contributed by atoms with Gasteiger partial charge in [-0.25, -0.2) is 0 Å². The lowest BCUT2D eigenvalue weighted by Crippen LogP contribution is -2.57. The van der Waals surface area contributed by atoms with Crippen LogP contribution in [0.15, 0.2) is 54.6 Å². The molecule has 2 aliphatic heterocycles. The Morgan fingerprint density at radius 3 is 2.33 bits per heavy atom. The van der Waals surface area contributed by atoms with Gasteiger partial charge in [-0.2, -0.15) is 0 Å². The van der Waals surface area contributed by atoms with Crippen LogP contribution in [0, 0.1) is 6.42 Å². The standard InChI is InChI=1S/C26H29ClN5O4/c27-20-9-6-19(7-10-20)8-11-22(33)30-15-12-26(13-16-30)25(36)31(17-14-29-24(35)23(28)34)18-32(26)21-4-2-1-3-5-21/h1-7,9-11H,8,12-18H2,(H2,28,34)(H,29,35). The van der Waals surface area contributed by atoms with Gasteiger partial charge in [0, 0.05) is 36.9 Å². The van der Waals surface area contributed by atoms with Crippen LogP contribution in [0.25, 0.3) is 0 Å². The number of nitrogens with zero attached hydrogens (tertiary/aromatic N) is 3. The largest absolute Gasteiger partial charge is 0.361 e. The van der Waals surface area contributed by atoms with Crippen LogP contribution in [-0.2, 0) is 25.6 Å². The third-order valence-corrected chi connectivity index (χ3v) is 7.05. The van der Waals surface area contributed by atoms with Gasteiger partial charge in [-0.15, -0.1) is 0 Å². The van der Waals surface area contributed by atoms with E-state index in [0.717, 1.165) is 11.3 Å². The van der Waals surface area contributed by atoms with Crippen molar-refractivity contribution in [3.8, 4) is 0 Å². The number of amides is 4. The van der Waals surface area contributed by atoms with Crippen LogP contribution in [0.3, 0.4) is 0 Å². The third kappa shape index (κ3) is 5.46. The summed E-state index contributed by atoms with van der Waals surface area (Å²) in [5, 5.41) is 3.09. The molecule has 4 amide bonds. The van der Waals surface area contributed by atoms with Gasteiger partial charge < -0.3 is 25.8 Å². The second kappa shape index (κ2) is 11.0. The number of primary amides is 1. The van der Waals surface area contributed by atoms with Crippen LogP contribution in [0.1, 0.15) is 18.4 Å². The molecule has 0 bridgehead atoms. The van der Waals surface area contributed by atoms with Gasteiger partial charge in [0.05, 0.1) is 13.1 Å². The van der Waals surface area contributed by atoms with Crippen molar-refractivity contribution in [2.45, 2.75) is 24.8 Å². The summed E-state index contributed by atoms with van der Waals surface area (Å²) in [5.41, 5.74) is 6.13. The molecule has 0 atom stereocenters. The van der Waals surface area contributed by atoms with Gasteiger partial charge in [0.15, 0.2) is 0 Å². The zero-order chi connectivity index (χ0) is 25.7. The van der Waals surface area contributed by atoms with E-state index in [-0.39, 0.29) is 24.9 Å². The second-order valence-corrected chi connectivity index (χ2v) is 9.42. The molecule has 10 heteroatoms. The minimum Gasteiger partial charge on any atom is -0.361 e. The van der Waals surface area contributed by atoms with Gasteiger partial charge in [0.25, 0.3) is 0 Å². The topological polar surface area (TPSA) is 116 Å². The fourth-order valence-electron chi connectivity index (χ4n) is 4.82. The molecule has 189 valence electrons. The highest BCUT2D eigenvalue weighted by Crippen LogP contribution is 2.39. The van der Waals surface area contributed by atoms with E-state index < -0.39 is 17.4 Å². The molecule has 1 spiro atoms. The number of anilines is 1. The fraction of sp³-hybridized carbons (Fsp3) is 0.346. The molecule has 3 N–H and O–H groups in total. The zero-order valence-electron chi connectivity index (χ0n) is 19.9. The van der Waals surface area contributed by atoms with Crippen molar-refractivity contribution < 1.29 is 19.2 Å². The Kier molecular flexibility index (Phi) is 7.79. The van der Waals surface area contributed by atoms with E-state index in [2.05, 4.69) is 10.2 Å². The third-order valence-electron chi connectivity index (χ3n) is 6.80. The summed E-state index contributed by atoms with van der Waals surface area (Å²) in [6.45, 7) is 1.64. The Morgan fingerprint density at radius 1 is 1.03 bits per heavy atom. The van der Waals surface area contributed by atoms with E-state index >= 15 is 0 Å². The van der Waals surface area contributed by atoms with Crippen LogP contribution in [-0.4, -0.2) is 71.8 Å². The summed E-state index contributed by atoms with van der Waals surface area (Å²) in [5.74, 6) is -2.03. The number of likely N-dealkylation sites (tertiary alicyclic amines) is 1. The number of para-hydroxylation sites is 1. The molecular formula is C26H29ClN5O4. The second-order valence-electron chi connectivity index (χ2n) is 8.99. The minimum atomic E-state index is -1.06. The number of carbonyl (C=O) groups is 4. The van der Waals surface area contributed by atoms with Crippen molar-refractivity contribution in [1.29, 1.82) is 0 Å². The summed E-state index contributed by atoms with van der Waals surface area (Å²) in [6.07, 6.45) is 3.16. The summed E-state index contributed by atoms with van der Waals surface area (Å²) in [4.78, 5) is 54.5. The van der Waals surface area contributed by atoms with Crippen LogP contribution in [0.4, 0.5) is 5.69 Å². The van der Waals surface area contributed by atoms with E-state index in [9.17, 15) is 19.2 Å². The number of piperidine rings is 1. The lowest BCUT2D eigenvalue weighted by molar-refractivity contribution is -0.138. The smallest absolute Gasteiger partial charge is 0.309 e. The molecule has 0 aliphatic carbocycles. The number of nitrogens with two attached hydrogens (primary N) is 1. The van der Waals surface area contributed by atoms with Gasteiger partial charge in [-0.05, 0) is 49.1 Å². The summed E-state index contributed by atoms with van der Waals surface area (Å²) in [7, 11) is 0. The maximum absolute atomic E-state index is 13.6. The van der Waals surface area contributed by atoms with Crippen molar-refractivity contribution >= 4 is 40.9 Å². The molecule has 0 unspecified atom stereocenters. The van der Waals surface area contributed by atoms with Crippen LogP contribution >= 0.6 is 11.6 Å². The molecule has 2 heterocycles. The first-order valence-corrected chi connectivity index (χ1v) is 12.2. The van der Waals surface area contributed by atoms with Gasteiger partial charge in [0.2, 0.25) is 11.8 Å². The lowest BCUT2D eigenvalue weighted by Gasteiger charge is -2.43. The molecule has 2 aromatic rings. The Balaban J connectivity index is 1.41. The normalized spacial score (nSPS) is 16.9. The van der Waals surface area contributed by atoms with Crippen LogP contribution in [0.5, 0.6) is 0 Å². The fourth-order valence-corrected chi connectivity index (χ4v) is 4.94. The Labute approximate surface area is 215 Å². The first-order valence-electron chi connectivity index (χ1n) is 11.9. The maximum atomic E-state index is 13.6. The highest BCUT2D eigenvalue weighted by Gasteiger charge is 2.53. The molecule has 2 aromatic carbocycles. The molecule has 36 heavy (non-hydrogen) atoms. The number of halogens is 1. The molecule has 1 radical (unpaired) electrons. The Bertz CT molecular complexity index is 1120. The highest BCUT2D eigenvalue weighted by molar-refractivity contribution is 6.34. The molecule has 2 fully saturated rings. The summed E-state index contributed by atoms with van der Waals surface area (Å²) < 4.78 is 0. The van der Waals surface area contributed by atoms with E-state index in [1.54, 1.807) is 28.4 Å². The average Bonchev–Trinajstić information content (AvgIpc) is 3.15. The Morgan fingerprint density at radius 2 is 1.69 bits per heavy atom. The van der Waals surface area contributed by atoms with Crippen LogP contribution < -0.4 is 16.0 Å². The number of nitrogens with one attached hydrogen (secondary N) is 1. The molecular weight excluding hydrogens is 482 g/mol. The van der Waals surface area contributed by atoms with E-state index in [1.807, 2.05) is 42.5 Å². The van der Waals surface area contributed by atoms with E-state index in [4.69, 9.17) is 17.3 Å². The summed E-state index contributed by atoms with van der Waals surface area (Å²) in [6, 6.07) is 17.1. The number of benzene rings is 2. The first-order chi connectivity index (χ1) is 17.3. The molecule has 0 saturated carbocycles. The predicted molar refractivity (Wildman–Crippen MR) is 136 cm³/mol. The number of hydrogen-bond acceptors (Lipinski definition) is 5. The average molecular weight is 511 g/mol. The van der Waals surface area contributed by atoms with Gasteiger partial charge in [-0.1, -0.05) is 41.9 Å². The predicted octanol–water partition coefficient (Wildman–Crippen LogP) is 1.36. The SMILES string of the molecule is NC(=O)C(=O)NCCN1CN(c2ccccc2)C2(CCN(C(=O)[CH]Cc3ccc(Cl)cc3)CC2)C1=O. The monoisotopic (exact) mass is 510 g/mol. The first kappa shape index (κ1) is 25.5. The van der Waals surface area contributed by atoms with Crippen molar-refractivity contribution in [3.05, 3.63) is 71.6 Å². The molecule has 9 nitrogen and oxygen atoms in total. The van der Waals surface area contributed by atoms with Crippen molar-refractivity contribution in [2.24, 2.45) is 5.73 Å². The number of hydrogen-bond donors (Lipinski definition) is 2. The molecule has 0 aromatic heterocycles. The molecule has 4 rings (SSSR count). The lowest BCUT2D eigenvalue weighted by atomic mass is 9.85. The van der Waals surface area contributed by atoms with Crippen molar-refractivity contribution in [2.75, 3.05) is 37.7 Å². The van der Waals surface area contributed by atoms with Gasteiger partial charge in [-0.3, -0.25) is 19.2 Å².